The molecule has 2 aromatic carbocycles. The lowest BCUT2D eigenvalue weighted by Crippen LogP contribution is -2.23. The van der Waals surface area contributed by atoms with Crippen LogP contribution in [0.1, 0.15) is 61.2 Å². The first-order valence-electron chi connectivity index (χ1n) is 9.06. The molecule has 0 radical (unpaired) electrons. The second-order valence-electron chi connectivity index (χ2n) is 7.53. The van der Waals surface area contributed by atoms with Crippen LogP contribution in [0.3, 0.4) is 0 Å². The molecule has 2 rings (SSSR count). The van der Waals surface area contributed by atoms with Crippen LogP contribution in [0.5, 0.6) is 11.5 Å². The molecule has 0 aromatic heterocycles. The molecule has 5 nitrogen and oxygen atoms in total. The van der Waals surface area contributed by atoms with Crippen molar-refractivity contribution < 1.29 is 19.1 Å². The van der Waals surface area contributed by atoms with Crippen molar-refractivity contribution in [1.82, 2.24) is 0 Å². The molecule has 27 heavy (non-hydrogen) atoms. The van der Waals surface area contributed by atoms with Crippen LogP contribution in [-0.2, 0) is 11.8 Å². The fraction of sp³-hybridized carbons (Fsp3) is 0.364. The first-order valence-corrected chi connectivity index (χ1v) is 9.06. The van der Waals surface area contributed by atoms with Gasteiger partial charge in [-0.05, 0) is 53.6 Å². The molecule has 0 aliphatic carbocycles. The number of hydrogen-bond donors (Lipinski definition) is 1. The Labute approximate surface area is 160 Å². The Morgan fingerprint density at radius 3 is 2.22 bits per heavy atom. The van der Waals surface area contributed by atoms with E-state index in [2.05, 4.69) is 27.7 Å². The zero-order valence-corrected chi connectivity index (χ0v) is 16.6. The van der Waals surface area contributed by atoms with Crippen LogP contribution in [0.2, 0.25) is 0 Å². The van der Waals surface area contributed by atoms with Crippen molar-refractivity contribution in [1.29, 1.82) is 0 Å². The maximum Gasteiger partial charge on any atom is 0.409 e. The molecule has 0 fully saturated rings. The molecule has 0 spiro atoms. The summed E-state index contributed by atoms with van der Waals surface area (Å²) in [6.45, 7) is 10.2. The molecule has 0 bridgehead atoms. The predicted octanol–water partition coefficient (Wildman–Crippen LogP) is 4.92. The fourth-order valence-electron chi connectivity index (χ4n) is 3.11. The maximum absolute atomic E-state index is 12.9. The zero-order valence-electron chi connectivity index (χ0n) is 16.6. The first kappa shape index (κ1) is 20.5. The Kier molecular flexibility index (Phi) is 6.26. The number of rotatable bonds is 5. The summed E-state index contributed by atoms with van der Waals surface area (Å²) in [5.41, 5.74) is 8.08. The third-order valence-electron chi connectivity index (χ3n) is 4.34. The van der Waals surface area contributed by atoms with Gasteiger partial charge >= 0.3 is 12.1 Å². The van der Waals surface area contributed by atoms with E-state index in [4.69, 9.17) is 15.2 Å². The highest BCUT2D eigenvalue weighted by molar-refractivity contribution is 5.96. The molecule has 0 unspecified atom stereocenters. The number of hydrogen-bond acceptors (Lipinski definition) is 4. The highest BCUT2D eigenvalue weighted by Crippen LogP contribution is 2.37. The van der Waals surface area contributed by atoms with Crippen LogP contribution in [0, 0.1) is 6.92 Å². The van der Waals surface area contributed by atoms with Gasteiger partial charge in [0.2, 0.25) is 0 Å². The van der Waals surface area contributed by atoms with Crippen molar-refractivity contribution >= 4 is 12.1 Å². The molecule has 2 N–H and O–H groups in total. The first-order chi connectivity index (χ1) is 12.6. The minimum atomic E-state index is -0.960. The molecule has 0 saturated carbocycles. The Morgan fingerprint density at radius 1 is 1.07 bits per heavy atom. The molecule has 1 amide bonds. The number of esters is 1. The number of amides is 1. The van der Waals surface area contributed by atoms with Crippen LogP contribution in [0.15, 0.2) is 36.4 Å². The van der Waals surface area contributed by atoms with Crippen LogP contribution >= 0.6 is 0 Å². The van der Waals surface area contributed by atoms with Gasteiger partial charge in [-0.25, -0.2) is 9.59 Å². The van der Waals surface area contributed by atoms with Crippen molar-refractivity contribution in [3.05, 3.63) is 58.7 Å². The average Bonchev–Trinajstić information content (AvgIpc) is 2.58. The molecule has 0 saturated heterocycles. The van der Waals surface area contributed by atoms with Gasteiger partial charge in [-0.1, -0.05) is 52.3 Å². The summed E-state index contributed by atoms with van der Waals surface area (Å²) in [4.78, 5) is 24.3. The van der Waals surface area contributed by atoms with E-state index >= 15 is 0 Å². The highest BCUT2D eigenvalue weighted by Gasteiger charge is 2.28. The topological polar surface area (TPSA) is 78.6 Å². The van der Waals surface area contributed by atoms with E-state index in [-0.39, 0.29) is 16.7 Å². The standard InChI is InChI=1S/C22H27NO4/c1-6-10-16-14(2)19(27-21(23)25)17(13-18(16)22(3,4)5)20(24)26-15-11-8-7-9-12-15/h7-9,11-13H,6,10H2,1-5H3,(H2,23,25). The van der Waals surface area contributed by atoms with Gasteiger partial charge < -0.3 is 15.2 Å². The van der Waals surface area contributed by atoms with Gasteiger partial charge in [-0.15, -0.1) is 0 Å². The van der Waals surface area contributed by atoms with E-state index in [0.717, 1.165) is 29.5 Å². The van der Waals surface area contributed by atoms with Crippen LogP contribution in [0.4, 0.5) is 4.79 Å². The van der Waals surface area contributed by atoms with Gasteiger partial charge in [0.25, 0.3) is 0 Å². The van der Waals surface area contributed by atoms with Crippen molar-refractivity contribution in [2.75, 3.05) is 0 Å². The predicted molar refractivity (Wildman–Crippen MR) is 105 cm³/mol. The smallest absolute Gasteiger partial charge is 0.409 e. The number of para-hydroxylation sites is 1. The van der Waals surface area contributed by atoms with Gasteiger partial charge in [0, 0.05) is 0 Å². The molecule has 144 valence electrons. The molecule has 0 atom stereocenters. The second-order valence-corrected chi connectivity index (χ2v) is 7.53. The van der Waals surface area contributed by atoms with Crippen molar-refractivity contribution in [3.8, 4) is 11.5 Å². The molecular weight excluding hydrogens is 342 g/mol. The van der Waals surface area contributed by atoms with Crippen LogP contribution in [0.25, 0.3) is 0 Å². The summed E-state index contributed by atoms with van der Waals surface area (Å²) in [5.74, 6) is -0.00546. The fourth-order valence-corrected chi connectivity index (χ4v) is 3.11. The third kappa shape index (κ3) is 4.88. The van der Waals surface area contributed by atoms with Gasteiger partial charge in [0.1, 0.15) is 11.3 Å². The SMILES string of the molecule is CCCc1c(C(C)(C)C)cc(C(=O)Oc2ccccc2)c(OC(N)=O)c1C. The second kappa shape index (κ2) is 8.25. The van der Waals surface area contributed by atoms with Crippen LogP contribution in [-0.4, -0.2) is 12.1 Å². The Morgan fingerprint density at radius 2 is 1.70 bits per heavy atom. The zero-order chi connectivity index (χ0) is 20.2. The normalized spacial score (nSPS) is 11.1. The number of benzene rings is 2. The van der Waals surface area contributed by atoms with Gasteiger partial charge in [-0.3, -0.25) is 0 Å². The van der Waals surface area contributed by atoms with E-state index in [1.807, 2.05) is 13.0 Å². The third-order valence-corrected chi connectivity index (χ3v) is 4.34. The number of carbonyl (C=O) groups excluding carboxylic acids is 2. The molecule has 5 heteroatoms. The quantitative estimate of drug-likeness (QED) is 0.599. The minimum absolute atomic E-state index is 0.167. The summed E-state index contributed by atoms with van der Waals surface area (Å²) in [7, 11) is 0. The molecule has 2 aromatic rings. The lowest BCUT2D eigenvalue weighted by Gasteiger charge is -2.27. The highest BCUT2D eigenvalue weighted by atomic mass is 16.6. The van der Waals surface area contributed by atoms with Crippen molar-refractivity contribution in [2.24, 2.45) is 5.73 Å². The van der Waals surface area contributed by atoms with Crippen LogP contribution < -0.4 is 15.2 Å². The number of ether oxygens (including phenoxy) is 2. The summed E-state index contributed by atoms with van der Waals surface area (Å²) < 4.78 is 10.7. The monoisotopic (exact) mass is 369 g/mol. The average molecular weight is 369 g/mol. The van der Waals surface area contributed by atoms with Gasteiger partial charge in [-0.2, -0.15) is 0 Å². The van der Waals surface area contributed by atoms with E-state index in [1.54, 1.807) is 30.3 Å². The minimum Gasteiger partial charge on any atom is -0.423 e. The van der Waals surface area contributed by atoms with E-state index in [9.17, 15) is 9.59 Å². The van der Waals surface area contributed by atoms with Crippen molar-refractivity contribution in [2.45, 2.75) is 52.9 Å². The Bertz CT molecular complexity index is 836. The lowest BCUT2D eigenvalue weighted by atomic mass is 9.79. The van der Waals surface area contributed by atoms with E-state index < -0.39 is 12.1 Å². The lowest BCUT2D eigenvalue weighted by molar-refractivity contribution is 0.0731. The van der Waals surface area contributed by atoms with E-state index in [1.165, 1.54) is 0 Å². The number of nitrogens with two attached hydrogens (primary N) is 1. The van der Waals surface area contributed by atoms with Crippen molar-refractivity contribution in [3.63, 3.8) is 0 Å². The molecule has 0 aliphatic rings. The Balaban J connectivity index is 2.64. The van der Waals surface area contributed by atoms with E-state index in [0.29, 0.717) is 5.75 Å². The summed E-state index contributed by atoms with van der Waals surface area (Å²) >= 11 is 0. The number of carbonyl (C=O) groups is 2. The van der Waals surface area contributed by atoms with Gasteiger partial charge in [0.05, 0.1) is 0 Å². The molecule has 0 aliphatic heterocycles. The summed E-state index contributed by atoms with van der Waals surface area (Å²) in [5, 5.41) is 0. The number of primary amides is 1. The molecular formula is C22H27NO4. The van der Waals surface area contributed by atoms with Gasteiger partial charge in [0.15, 0.2) is 5.75 Å². The summed E-state index contributed by atoms with van der Waals surface area (Å²) in [6.07, 6.45) is 0.771. The largest absolute Gasteiger partial charge is 0.423 e. The summed E-state index contributed by atoms with van der Waals surface area (Å²) in [6, 6.07) is 10.5. The maximum atomic E-state index is 12.9. The molecule has 0 heterocycles. The Hall–Kier alpha value is -2.82.